The highest BCUT2D eigenvalue weighted by Crippen LogP contribution is 2.20. The van der Waals surface area contributed by atoms with Crippen molar-refractivity contribution in [3.05, 3.63) is 60.2 Å². The van der Waals surface area contributed by atoms with Crippen LogP contribution in [0.4, 0.5) is 4.79 Å². The first kappa shape index (κ1) is 27.9. The molecule has 35 heavy (non-hydrogen) atoms. The number of rotatable bonds is 13. The summed E-state index contributed by atoms with van der Waals surface area (Å²) in [6.07, 6.45) is 1.50. The number of amides is 3. The molecule has 3 amide bonds. The maximum absolute atomic E-state index is 13.1. The molecule has 2 atom stereocenters. The van der Waals surface area contributed by atoms with Gasteiger partial charge in [-0.2, -0.15) is 0 Å². The second kappa shape index (κ2) is 13.5. The number of carboxylic acid groups (broad SMARTS) is 1. The number of benzene rings is 2. The number of urea groups is 1. The lowest BCUT2D eigenvalue weighted by atomic mass is 9.97. The summed E-state index contributed by atoms with van der Waals surface area (Å²) >= 11 is 0. The third kappa shape index (κ3) is 9.43. The molecule has 0 radical (unpaired) electrons. The van der Waals surface area contributed by atoms with Gasteiger partial charge in [-0.05, 0) is 34.9 Å². The Hall–Kier alpha value is -3.35. The zero-order valence-electron chi connectivity index (χ0n) is 21.2. The topological polar surface area (TPSA) is 113 Å². The van der Waals surface area contributed by atoms with Gasteiger partial charge in [0.05, 0.1) is 5.92 Å². The van der Waals surface area contributed by atoms with Crippen LogP contribution < -0.4 is 11.1 Å². The summed E-state index contributed by atoms with van der Waals surface area (Å²) in [7, 11) is 0. The van der Waals surface area contributed by atoms with Gasteiger partial charge >= 0.3 is 12.0 Å². The summed E-state index contributed by atoms with van der Waals surface area (Å²) in [5.41, 5.74) is 8.63. The molecular weight excluding hydrogens is 442 g/mol. The fourth-order valence-electron chi connectivity index (χ4n) is 3.94. The van der Waals surface area contributed by atoms with Crippen molar-refractivity contribution in [3.63, 3.8) is 0 Å². The van der Waals surface area contributed by atoms with E-state index in [-0.39, 0.29) is 18.9 Å². The first-order valence-electron chi connectivity index (χ1n) is 12.3. The van der Waals surface area contributed by atoms with E-state index in [2.05, 4.69) is 5.32 Å². The van der Waals surface area contributed by atoms with Crippen molar-refractivity contribution in [2.75, 3.05) is 13.1 Å². The second-order valence-electron chi connectivity index (χ2n) is 9.98. The van der Waals surface area contributed by atoms with Gasteiger partial charge in [-0.25, -0.2) is 4.79 Å². The molecule has 0 saturated heterocycles. The molecule has 0 aliphatic rings. The zero-order valence-corrected chi connectivity index (χ0v) is 21.2. The van der Waals surface area contributed by atoms with Crippen LogP contribution in [0.5, 0.6) is 0 Å². The van der Waals surface area contributed by atoms with Crippen molar-refractivity contribution in [1.82, 2.24) is 10.2 Å². The lowest BCUT2D eigenvalue weighted by Crippen LogP contribution is -2.53. The largest absolute Gasteiger partial charge is 0.481 e. The number of hydrogen-bond acceptors (Lipinski definition) is 3. The molecule has 4 N–H and O–H groups in total. The number of carbonyl (C=O) groups is 3. The minimum atomic E-state index is -0.919. The van der Waals surface area contributed by atoms with Gasteiger partial charge in [0.25, 0.3) is 0 Å². The Balaban J connectivity index is 2.11. The second-order valence-corrected chi connectivity index (χ2v) is 9.98. The molecule has 2 aromatic carbocycles. The van der Waals surface area contributed by atoms with E-state index in [0.717, 1.165) is 23.1 Å². The minimum absolute atomic E-state index is 0.0866. The van der Waals surface area contributed by atoms with Crippen molar-refractivity contribution < 1.29 is 19.5 Å². The van der Waals surface area contributed by atoms with Crippen LogP contribution in [-0.4, -0.2) is 47.0 Å². The van der Waals surface area contributed by atoms with Gasteiger partial charge in [-0.3, -0.25) is 9.59 Å². The standard InChI is InChI=1S/C28H39N3O4/c1-19(2)10-13-24(27(33)34)18-31(17-20(3)4)28(35)30-25(26(29)32)16-21-11-14-23(15-12-21)22-8-6-5-7-9-22/h5-9,11-12,14-15,19-20,24-25H,10,13,16-18H2,1-4H3,(H2,29,32)(H,30,35)(H,33,34). The van der Waals surface area contributed by atoms with E-state index in [4.69, 9.17) is 5.73 Å². The first-order valence-corrected chi connectivity index (χ1v) is 12.3. The van der Waals surface area contributed by atoms with E-state index in [9.17, 15) is 19.5 Å². The van der Waals surface area contributed by atoms with Crippen molar-refractivity contribution in [2.45, 2.75) is 53.0 Å². The number of nitrogens with one attached hydrogen (secondary N) is 1. The van der Waals surface area contributed by atoms with Crippen LogP contribution in [0.2, 0.25) is 0 Å². The molecule has 0 spiro atoms. The van der Waals surface area contributed by atoms with E-state index < -0.39 is 29.9 Å². The molecule has 0 bridgehead atoms. The molecule has 0 saturated carbocycles. The van der Waals surface area contributed by atoms with E-state index in [1.165, 1.54) is 4.90 Å². The third-order valence-corrected chi connectivity index (χ3v) is 5.90. The molecule has 2 rings (SSSR count). The van der Waals surface area contributed by atoms with E-state index in [1.54, 1.807) is 0 Å². The number of nitrogens with zero attached hydrogens (tertiary/aromatic N) is 1. The average molecular weight is 482 g/mol. The minimum Gasteiger partial charge on any atom is -0.481 e. The van der Waals surface area contributed by atoms with Gasteiger partial charge in [0.2, 0.25) is 5.91 Å². The van der Waals surface area contributed by atoms with Gasteiger partial charge in [0.15, 0.2) is 0 Å². The monoisotopic (exact) mass is 481 g/mol. The van der Waals surface area contributed by atoms with Gasteiger partial charge in [0.1, 0.15) is 6.04 Å². The summed E-state index contributed by atoms with van der Waals surface area (Å²) in [6, 6.07) is 16.4. The highest BCUT2D eigenvalue weighted by Gasteiger charge is 2.27. The molecule has 2 aromatic rings. The Kier molecular flexibility index (Phi) is 10.8. The summed E-state index contributed by atoms with van der Waals surface area (Å²) in [4.78, 5) is 38.6. The van der Waals surface area contributed by atoms with Gasteiger partial charge in [0, 0.05) is 19.5 Å². The van der Waals surface area contributed by atoms with Crippen LogP contribution >= 0.6 is 0 Å². The van der Waals surface area contributed by atoms with Crippen molar-refractivity contribution in [1.29, 1.82) is 0 Å². The quantitative estimate of drug-likeness (QED) is 0.389. The van der Waals surface area contributed by atoms with E-state index in [0.29, 0.717) is 18.9 Å². The summed E-state index contributed by atoms with van der Waals surface area (Å²) in [6.45, 7) is 8.48. The molecule has 0 aliphatic carbocycles. The molecule has 190 valence electrons. The average Bonchev–Trinajstić information content (AvgIpc) is 2.80. The molecule has 7 nitrogen and oxygen atoms in total. The lowest BCUT2D eigenvalue weighted by molar-refractivity contribution is -0.142. The maximum Gasteiger partial charge on any atom is 0.318 e. The molecule has 7 heteroatoms. The van der Waals surface area contributed by atoms with Crippen molar-refractivity contribution in [2.24, 2.45) is 23.5 Å². The fourth-order valence-corrected chi connectivity index (χ4v) is 3.94. The smallest absolute Gasteiger partial charge is 0.318 e. The number of carboxylic acids is 1. The normalized spacial score (nSPS) is 12.9. The third-order valence-electron chi connectivity index (χ3n) is 5.90. The SMILES string of the molecule is CC(C)CCC(CN(CC(C)C)C(=O)NC(Cc1ccc(-c2ccccc2)cc1)C(N)=O)C(=O)O. The maximum atomic E-state index is 13.1. The number of carbonyl (C=O) groups excluding carboxylic acids is 2. The van der Waals surface area contributed by atoms with E-state index >= 15 is 0 Å². The summed E-state index contributed by atoms with van der Waals surface area (Å²) < 4.78 is 0. The highest BCUT2D eigenvalue weighted by atomic mass is 16.4. The Morgan fingerprint density at radius 3 is 1.97 bits per heavy atom. The first-order chi connectivity index (χ1) is 16.6. The predicted octanol–water partition coefficient (Wildman–Crippen LogP) is 4.55. The van der Waals surface area contributed by atoms with Crippen molar-refractivity contribution >= 4 is 17.9 Å². The molecule has 0 aliphatic heterocycles. The van der Waals surface area contributed by atoms with Gasteiger partial charge < -0.3 is 21.1 Å². The Morgan fingerprint density at radius 1 is 0.857 bits per heavy atom. The number of aliphatic carboxylic acids is 1. The Labute approximate surface area is 208 Å². The summed E-state index contributed by atoms with van der Waals surface area (Å²) in [5.74, 6) is -1.71. The highest BCUT2D eigenvalue weighted by molar-refractivity contribution is 5.86. The molecule has 0 aromatic heterocycles. The number of primary amides is 1. The molecule has 0 heterocycles. The van der Waals surface area contributed by atoms with Crippen LogP contribution in [0.25, 0.3) is 11.1 Å². The van der Waals surface area contributed by atoms with Crippen LogP contribution in [0.15, 0.2) is 54.6 Å². The molecular formula is C28H39N3O4. The Bertz CT molecular complexity index is 958. The van der Waals surface area contributed by atoms with Crippen LogP contribution in [0.1, 0.15) is 46.1 Å². The number of hydrogen-bond donors (Lipinski definition) is 3. The number of nitrogens with two attached hydrogens (primary N) is 1. The van der Waals surface area contributed by atoms with Crippen molar-refractivity contribution in [3.8, 4) is 11.1 Å². The van der Waals surface area contributed by atoms with Gasteiger partial charge in [-0.15, -0.1) is 0 Å². The lowest BCUT2D eigenvalue weighted by Gasteiger charge is -2.29. The molecule has 2 unspecified atom stereocenters. The fraction of sp³-hybridized carbons (Fsp3) is 0.464. The van der Waals surface area contributed by atoms with Crippen LogP contribution in [0.3, 0.4) is 0 Å². The van der Waals surface area contributed by atoms with Gasteiger partial charge in [-0.1, -0.05) is 88.7 Å². The van der Waals surface area contributed by atoms with Crippen LogP contribution in [-0.2, 0) is 16.0 Å². The van der Waals surface area contributed by atoms with E-state index in [1.807, 2.05) is 82.3 Å². The zero-order chi connectivity index (χ0) is 26.0. The summed E-state index contributed by atoms with van der Waals surface area (Å²) in [5, 5.41) is 12.4. The Morgan fingerprint density at radius 2 is 1.46 bits per heavy atom. The predicted molar refractivity (Wildman–Crippen MR) is 139 cm³/mol. The molecule has 0 fully saturated rings. The van der Waals surface area contributed by atoms with Crippen LogP contribution in [0, 0.1) is 17.8 Å².